The Hall–Kier alpha value is -2.18. The third-order valence-corrected chi connectivity index (χ3v) is 6.35. The van der Waals surface area contributed by atoms with Crippen molar-refractivity contribution in [2.45, 2.75) is 11.4 Å². The number of thioether (sulfide) groups is 2. The summed E-state index contributed by atoms with van der Waals surface area (Å²) < 4.78 is 0. The standard InChI is InChI=1S/C18H15N3OS2/c1-20-13-9-5-6-10-14(13)23-17(20)15-16(22)21(18(19)24-15)11-12-7-3-2-4-8-12/h2-10,19H,11H2,1H3/b17-15-,19-18?. The van der Waals surface area contributed by atoms with E-state index >= 15 is 0 Å². The average Bonchev–Trinajstić information content (AvgIpc) is 3.08. The first-order chi connectivity index (χ1) is 11.6. The lowest BCUT2D eigenvalue weighted by Crippen LogP contribution is -2.28. The average molecular weight is 353 g/mol. The van der Waals surface area contributed by atoms with Crippen molar-refractivity contribution in [3.63, 3.8) is 0 Å². The Morgan fingerprint density at radius 2 is 1.71 bits per heavy atom. The zero-order valence-electron chi connectivity index (χ0n) is 13.0. The van der Waals surface area contributed by atoms with Gasteiger partial charge >= 0.3 is 0 Å². The lowest BCUT2D eigenvalue weighted by atomic mass is 10.2. The lowest BCUT2D eigenvalue weighted by Gasteiger charge is -2.16. The second-order valence-electron chi connectivity index (χ2n) is 5.55. The maximum Gasteiger partial charge on any atom is 0.269 e. The molecule has 2 aromatic carbocycles. The molecule has 2 aromatic rings. The second kappa shape index (κ2) is 6.03. The number of carbonyl (C=O) groups is 1. The molecule has 0 aromatic heterocycles. The van der Waals surface area contributed by atoms with E-state index in [1.165, 1.54) is 11.8 Å². The van der Waals surface area contributed by atoms with Gasteiger partial charge in [0.15, 0.2) is 5.17 Å². The van der Waals surface area contributed by atoms with Crippen LogP contribution in [0.3, 0.4) is 0 Å². The van der Waals surface area contributed by atoms with Crippen LogP contribution in [0.15, 0.2) is 69.4 Å². The minimum absolute atomic E-state index is 0.0870. The highest BCUT2D eigenvalue weighted by molar-refractivity contribution is 8.19. The monoisotopic (exact) mass is 353 g/mol. The molecule has 4 rings (SSSR count). The number of benzene rings is 2. The number of hydrogen-bond acceptors (Lipinski definition) is 5. The molecular formula is C18H15N3OS2. The molecule has 0 radical (unpaired) electrons. The summed E-state index contributed by atoms with van der Waals surface area (Å²) in [6.45, 7) is 0.434. The molecule has 0 spiro atoms. The van der Waals surface area contributed by atoms with E-state index in [0.29, 0.717) is 11.4 Å². The molecule has 1 fully saturated rings. The van der Waals surface area contributed by atoms with Crippen LogP contribution >= 0.6 is 23.5 Å². The van der Waals surface area contributed by atoms with Gasteiger partial charge in [0.2, 0.25) is 0 Å². The van der Waals surface area contributed by atoms with Crippen LogP contribution in [0.25, 0.3) is 0 Å². The van der Waals surface area contributed by atoms with Crippen LogP contribution in [-0.4, -0.2) is 23.0 Å². The molecule has 0 unspecified atom stereocenters. The van der Waals surface area contributed by atoms with Crippen molar-refractivity contribution >= 4 is 40.3 Å². The Bertz CT molecular complexity index is 864. The van der Waals surface area contributed by atoms with Crippen LogP contribution in [0.4, 0.5) is 5.69 Å². The van der Waals surface area contributed by atoms with Gasteiger partial charge in [-0.25, -0.2) is 0 Å². The molecule has 2 aliphatic rings. The number of rotatable bonds is 2. The molecule has 1 amide bonds. The lowest BCUT2D eigenvalue weighted by molar-refractivity contribution is -0.122. The van der Waals surface area contributed by atoms with E-state index in [4.69, 9.17) is 5.41 Å². The number of anilines is 1. The van der Waals surface area contributed by atoms with Crippen molar-refractivity contribution in [1.29, 1.82) is 5.41 Å². The quantitative estimate of drug-likeness (QED) is 0.826. The van der Waals surface area contributed by atoms with E-state index in [0.717, 1.165) is 21.2 Å². The Balaban J connectivity index is 1.65. The number of nitrogens with one attached hydrogen (secondary N) is 1. The number of para-hydroxylation sites is 1. The third-order valence-electron chi connectivity index (χ3n) is 4.00. The minimum atomic E-state index is -0.0870. The van der Waals surface area contributed by atoms with Crippen molar-refractivity contribution < 1.29 is 4.79 Å². The third kappa shape index (κ3) is 2.52. The van der Waals surface area contributed by atoms with E-state index in [2.05, 4.69) is 6.07 Å². The maximum absolute atomic E-state index is 12.9. The van der Waals surface area contributed by atoms with E-state index < -0.39 is 0 Å². The van der Waals surface area contributed by atoms with Gasteiger partial charge in [-0.05, 0) is 29.5 Å². The summed E-state index contributed by atoms with van der Waals surface area (Å²) in [6, 6.07) is 17.9. The zero-order valence-corrected chi connectivity index (χ0v) is 14.7. The summed E-state index contributed by atoms with van der Waals surface area (Å²) in [6.07, 6.45) is 0. The molecule has 0 aliphatic carbocycles. The van der Waals surface area contributed by atoms with Crippen molar-refractivity contribution in [3.05, 3.63) is 70.1 Å². The number of amidine groups is 1. The van der Waals surface area contributed by atoms with Gasteiger partial charge in [0, 0.05) is 11.9 Å². The molecule has 0 bridgehead atoms. The van der Waals surface area contributed by atoms with Gasteiger partial charge in [-0.3, -0.25) is 15.1 Å². The molecule has 120 valence electrons. The molecule has 1 saturated heterocycles. The number of carbonyl (C=O) groups excluding carboxylic acids is 1. The number of fused-ring (bicyclic) bond motifs is 1. The highest BCUT2D eigenvalue weighted by Gasteiger charge is 2.38. The van der Waals surface area contributed by atoms with Gasteiger partial charge in [0.05, 0.1) is 17.3 Å². The molecule has 2 heterocycles. The van der Waals surface area contributed by atoms with E-state index in [9.17, 15) is 4.79 Å². The van der Waals surface area contributed by atoms with Crippen LogP contribution < -0.4 is 4.90 Å². The fourth-order valence-electron chi connectivity index (χ4n) is 2.76. The van der Waals surface area contributed by atoms with Gasteiger partial charge in [-0.1, -0.05) is 54.2 Å². The van der Waals surface area contributed by atoms with E-state index in [1.54, 1.807) is 16.7 Å². The second-order valence-corrected chi connectivity index (χ2v) is 7.58. The largest absolute Gasteiger partial charge is 0.337 e. The normalized spacial score (nSPS) is 20.0. The number of nitrogens with zero attached hydrogens (tertiary/aromatic N) is 2. The Kier molecular flexibility index (Phi) is 3.86. The van der Waals surface area contributed by atoms with Crippen molar-refractivity contribution in [2.75, 3.05) is 11.9 Å². The first kappa shape index (κ1) is 15.4. The summed E-state index contributed by atoms with van der Waals surface area (Å²) in [7, 11) is 1.97. The predicted molar refractivity (Wildman–Crippen MR) is 100 cm³/mol. The van der Waals surface area contributed by atoms with Gasteiger partial charge in [-0.2, -0.15) is 0 Å². The first-order valence-electron chi connectivity index (χ1n) is 7.52. The number of hydrogen-bond donors (Lipinski definition) is 1. The molecule has 2 aliphatic heterocycles. The summed E-state index contributed by atoms with van der Waals surface area (Å²) in [4.78, 5) is 18.2. The maximum atomic E-state index is 12.9. The van der Waals surface area contributed by atoms with E-state index in [-0.39, 0.29) is 11.1 Å². The van der Waals surface area contributed by atoms with Crippen molar-refractivity contribution in [3.8, 4) is 0 Å². The molecule has 0 saturated carbocycles. The van der Waals surface area contributed by atoms with Gasteiger partial charge in [0.25, 0.3) is 5.91 Å². The Morgan fingerprint density at radius 1 is 1.00 bits per heavy atom. The molecule has 0 atom stereocenters. The smallest absolute Gasteiger partial charge is 0.269 e. The minimum Gasteiger partial charge on any atom is -0.337 e. The van der Waals surface area contributed by atoms with Crippen LogP contribution in [-0.2, 0) is 11.3 Å². The van der Waals surface area contributed by atoms with Crippen LogP contribution in [0, 0.1) is 5.41 Å². The highest BCUT2D eigenvalue weighted by Crippen LogP contribution is 2.49. The Labute approximate surface area is 149 Å². The van der Waals surface area contributed by atoms with Crippen molar-refractivity contribution in [1.82, 2.24) is 4.90 Å². The highest BCUT2D eigenvalue weighted by atomic mass is 32.2. The topological polar surface area (TPSA) is 47.4 Å². The van der Waals surface area contributed by atoms with Crippen molar-refractivity contribution in [2.24, 2.45) is 0 Å². The Morgan fingerprint density at radius 3 is 2.46 bits per heavy atom. The molecule has 6 heteroatoms. The molecule has 1 N–H and O–H groups in total. The van der Waals surface area contributed by atoms with Crippen LogP contribution in [0.5, 0.6) is 0 Å². The number of amides is 1. The summed E-state index contributed by atoms with van der Waals surface area (Å²) in [5.74, 6) is -0.0870. The van der Waals surface area contributed by atoms with E-state index in [1.807, 2.05) is 60.5 Å². The predicted octanol–water partition coefficient (Wildman–Crippen LogP) is 4.11. The zero-order chi connectivity index (χ0) is 16.7. The fraction of sp³-hybridized carbons (Fsp3) is 0.111. The SMILES string of the molecule is CN1/C(=C2/SC(=N)N(Cc3ccccc3)C2=O)Sc2ccccc21. The van der Waals surface area contributed by atoms with Crippen LogP contribution in [0.1, 0.15) is 5.56 Å². The molecule has 24 heavy (non-hydrogen) atoms. The van der Waals surface area contributed by atoms with Crippen LogP contribution in [0.2, 0.25) is 0 Å². The fourth-order valence-corrected chi connectivity index (χ4v) is 4.96. The van der Waals surface area contributed by atoms with Gasteiger partial charge in [0.1, 0.15) is 4.91 Å². The summed E-state index contributed by atoms with van der Waals surface area (Å²) >= 11 is 2.85. The molecular weight excluding hydrogens is 338 g/mol. The first-order valence-corrected chi connectivity index (χ1v) is 9.15. The molecule has 4 nitrogen and oxygen atoms in total. The van der Waals surface area contributed by atoms with Gasteiger partial charge < -0.3 is 4.90 Å². The summed E-state index contributed by atoms with van der Waals surface area (Å²) in [5.41, 5.74) is 2.13. The van der Waals surface area contributed by atoms with Gasteiger partial charge in [-0.15, -0.1) is 0 Å². The summed E-state index contributed by atoms with van der Waals surface area (Å²) in [5, 5.41) is 9.41.